The second-order valence-electron chi connectivity index (χ2n) is 8.70. The van der Waals surface area contributed by atoms with Crippen LogP contribution in [0.25, 0.3) is 5.69 Å². The molecule has 2 fully saturated rings. The minimum Gasteiger partial charge on any atom is -0.273 e. The van der Waals surface area contributed by atoms with Gasteiger partial charge in [-0.2, -0.15) is 0 Å². The van der Waals surface area contributed by atoms with Crippen LogP contribution >= 0.6 is 22.9 Å². The number of para-hydroxylation sites is 2. The molecular formula is C27H20ClN3O4S. The summed E-state index contributed by atoms with van der Waals surface area (Å²) in [5, 5.41) is 1.74. The van der Waals surface area contributed by atoms with Crippen molar-refractivity contribution in [2.24, 2.45) is 5.92 Å². The van der Waals surface area contributed by atoms with Crippen LogP contribution in [-0.2, 0) is 14.4 Å². The molecule has 2 amide bonds. The quantitative estimate of drug-likeness (QED) is 0.360. The maximum atomic E-state index is 13.8. The molecule has 0 bridgehead atoms. The van der Waals surface area contributed by atoms with E-state index in [9.17, 15) is 14.4 Å². The highest BCUT2D eigenvalue weighted by molar-refractivity contribution is 7.10. The summed E-state index contributed by atoms with van der Waals surface area (Å²) in [7, 11) is 0. The Kier molecular flexibility index (Phi) is 5.52. The van der Waals surface area contributed by atoms with Crippen molar-refractivity contribution < 1.29 is 14.4 Å². The van der Waals surface area contributed by atoms with Crippen molar-refractivity contribution in [3.8, 4) is 5.69 Å². The molecule has 3 aromatic carbocycles. The summed E-state index contributed by atoms with van der Waals surface area (Å²) in [4.78, 5) is 47.9. The van der Waals surface area contributed by atoms with E-state index < -0.39 is 24.0 Å². The first-order valence-corrected chi connectivity index (χ1v) is 12.6. The SMILES string of the molecule is Cc1cccc(N2C(=O)[C@H]3[C@H](ON(c4ccccc4)[C@@H]3c3sc(=O)n(-c4ccccc4)c3Cl)C2=O)c1. The van der Waals surface area contributed by atoms with Crippen LogP contribution in [0.1, 0.15) is 16.5 Å². The molecule has 3 atom stereocenters. The predicted octanol–water partition coefficient (Wildman–Crippen LogP) is 4.91. The lowest BCUT2D eigenvalue weighted by atomic mass is 9.95. The highest BCUT2D eigenvalue weighted by atomic mass is 35.5. The number of carbonyl (C=O) groups is 2. The van der Waals surface area contributed by atoms with Gasteiger partial charge >= 0.3 is 4.87 Å². The maximum absolute atomic E-state index is 13.8. The molecule has 2 saturated heterocycles. The van der Waals surface area contributed by atoms with Crippen LogP contribution in [0.5, 0.6) is 0 Å². The lowest BCUT2D eigenvalue weighted by molar-refractivity contribution is -0.126. The van der Waals surface area contributed by atoms with Gasteiger partial charge in [-0.05, 0) is 48.9 Å². The number of aryl methyl sites for hydroxylation is 1. The summed E-state index contributed by atoms with van der Waals surface area (Å²) in [6.07, 6.45) is -1.04. The third-order valence-electron chi connectivity index (χ3n) is 6.45. The molecule has 6 rings (SSSR count). The largest absolute Gasteiger partial charge is 0.313 e. The molecule has 0 unspecified atom stereocenters. The maximum Gasteiger partial charge on any atom is 0.313 e. The number of hydrogen-bond acceptors (Lipinski definition) is 6. The number of amides is 2. The van der Waals surface area contributed by atoms with E-state index in [1.54, 1.807) is 35.4 Å². The van der Waals surface area contributed by atoms with Crippen molar-refractivity contribution >= 4 is 46.1 Å². The number of halogens is 1. The van der Waals surface area contributed by atoms with Gasteiger partial charge in [-0.3, -0.25) is 23.8 Å². The summed E-state index contributed by atoms with van der Waals surface area (Å²) in [5.74, 6) is -1.70. The van der Waals surface area contributed by atoms with Gasteiger partial charge < -0.3 is 0 Å². The number of benzene rings is 3. The van der Waals surface area contributed by atoms with Crippen LogP contribution in [0, 0.1) is 12.8 Å². The molecular weight excluding hydrogens is 498 g/mol. The fourth-order valence-electron chi connectivity index (χ4n) is 4.85. The Morgan fingerprint density at radius 3 is 2.11 bits per heavy atom. The Bertz CT molecular complexity index is 1540. The van der Waals surface area contributed by atoms with E-state index in [1.165, 1.54) is 9.47 Å². The van der Waals surface area contributed by atoms with Crippen LogP contribution in [-0.4, -0.2) is 22.5 Å². The summed E-state index contributed by atoms with van der Waals surface area (Å²) in [5.41, 5.74) is 2.69. The average Bonchev–Trinajstić information content (AvgIpc) is 3.49. The number of nitrogens with zero attached hydrogens (tertiary/aromatic N) is 3. The second kappa shape index (κ2) is 8.74. The first kappa shape index (κ1) is 22.7. The van der Waals surface area contributed by atoms with E-state index in [0.717, 1.165) is 16.9 Å². The number of imide groups is 1. The molecule has 4 aromatic rings. The predicted molar refractivity (Wildman–Crippen MR) is 139 cm³/mol. The summed E-state index contributed by atoms with van der Waals surface area (Å²) in [6.45, 7) is 1.90. The monoisotopic (exact) mass is 517 g/mol. The van der Waals surface area contributed by atoms with Crippen LogP contribution < -0.4 is 14.8 Å². The Balaban J connectivity index is 1.49. The number of hydrogen-bond donors (Lipinski definition) is 0. The van der Waals surface area contributed by atoms with E-state index in [-0.39, 0.29) is 15.9 Å². The minimum atomic E-state index is -1.04. The van der Waals surface area contributed by atoms with Gasteiger partial charge in [0.25, 0.3) is 5.91 Å². The molecule has 2 aliphatic heterocycles. The van der Waals surface area contributed by atoms with Crippen LogP contribution in [0.15, 0.2) is 89.7 Å². The number of fused-ring (bicyclic) bond motifs is 1. The Hall–Kier alpha value is -3.72. The van der Waals surface area contributed by atoms with Crippen LogP contribution in [0.4, 0.5) is 11.4 Å². The van der Waals surface area contributed by atoms with Gasteiger partial charge in [-0.25, -0.2) is 9.96 Å². The normalized spacial score (nSPS) is 21.3. The number of anilines is 2. The molecule has 3 heterocycles. The summed E-state index contributed by atoms with van der Waals surface area (Å²) in [6, 6.07) is 24.7. The molecule has 180 valence electrons. The topological polar surface area (TPSA) is 71.8 Å². The van der Waals surface area contributed by atoms with E-state index in [2.05, 4.69) is 0 Å². The summed E-state index contributed by atoms with van der Waals surface area (Å²) >= 11 is 7.78. The van der Waals surface area contributed by atoms with Crippen molar-refractivity contribution in [3.63, 3.8) is 0 Å². The van der Waals surface area contributed by atoms with Crippen molar-refractivity contribution in [2.75, 3.05) is 9.96 Å². The second-order valence-corrected chi connectivity index (χ2v) is 10.1. The number of hydroxylamine groups is 1. The zero-order chi connectivity index (χ0) is 25.0. The van der Waals surface area contributed by atoms with Crippen molar-refractivity contribution in [2.45, 2.75) is 19.1 Å². The Morgan fingerprint density at radius 2 is 1.44 bits per heavy atom. The molecule has 1 aromatic heterocycles. The molecule has 0 aliphatic carbocycles. The first-order chi connectivity index (χ1) is 17.5. The van der Waals surface area contributed by atoms with Gasteiger partial charge in [0.05, 0.1) is 21.9 Å². The molecule has 0 spiro atoms. The van der Waals surface area contributed by atoms with Gasteiger partial charge in [0.15, 0.2) is 6.10 Å². The van der Waals surface area contributed by atoms with Gasteiger partial charge in [0, 0.05) is 0 Å². The Labute approximate surface area is 215 Å². The van der Waals surface area contributed by atoms with Crippen molar-refractivity contribution in [1.82, 2.24) is 4.57 Å². The third kappa shape index (κ3) is 3.49. The zero-order valence-corrected chi connectivity index (χ0v) is 20.6. The zero-order valence-electron chi connectivity index (χ0n) is 19.1. The molecule has 36 heavy (non-hydrogen) atoms. The molecule has 0 N–H and O–H groups in total. The van der Waals surface area contributed by atoms with E-state index >= 15 is 0 Å². The van der Waals surface area contributed by atoms with Gasteiger partial charge in [-0.1, -0.05) is 71.5 Å². The Morgan fingerprint density at radius 1 is 0.806 bits per heavy atom. The van der Waals surface area contributed by atoms with Crippen molar-refractivity contribution in [1.29, 1.82) is 0 Å². The fourth-order valence-corrected chi connectivity index (χ4v) is 6.32. The lowest BCUT2D eigenvalue weighted by Gasteiger charge is -2.28. The number of carbonyl (C=O) groups excluding carboxylic acids is 2. The van der Waals surface area contributed by atoms with E-state index in [1.807, 2.05) is 61.5 Å². The highest BCUT2D eigenvalue weighted by Crippen LogP contribution is 2.50. The fraction of sp³-hybridized carbons (Fsp3) is 0.148. The van der Waals surface area contributed by atoms with Crippen LogP contribution in [0.3, 0.4) is 0 Å². The highest BCUT2D eigenvalue weighted by Gasteiger charge is 2.61. The minimum absolute atomic E-state index is 0.195. The average molecular weight is 518 g/mol. The number of thiazole rings is 1. The van der Waals surface area contributed by atoms with Crippen LogP contribution in [0.2, 0.25) is 5.15 Å². The van der Waals surface area contributed by atoms with E-state index in [4.69, 9.17) is 16.4 Å². The van der Waals surface area contributed by atoms with Gasteiger partial charge in [-0.15, -0.1) is 0 Å². The first-order valence-electron chi connectivity index (χ1n) is 11.4. The summed E-state index contributed by atoms with van der Waals surface area (Å²) < 4.78 is 1.41. The number of aromatic nitrogens is 1. The smallest absolute Gasteiger partial charge is 0.273 e. The van der Waals surface area contributed by atoms with E-state index in [0.29, 0.717) is 21.9 Å². The van der Waals surface area contributed by atoms with Gasteiger partial charge in [0.1, 0.15) is 17.1 Å². The molecule has 0 radical (unpaired) electrons. The molecule has 9 heteroatoms. The van der Waals surface area contributed by atoms with Crippen molar-refractivity contribution in [3.05, 3.63) is 110 Å². The molecule has 0 saturated carbocycles. The van der Waals surface area contributed by atoms with Gasteiger partial charge in [0.2, 0.25) is 5.91 Å². The standard InChI is InChI=1S/C27H20ClN3O4S/c1-16-9-8-14-19(15-16)30-25(32)20-21(31(35-22(20)26(30)33)18-12-6-3-7-13-18)23-24(28)29(27(34)36-23)17-10-4-2-5-11-17/h2-15,20-22H,1H3/t20-,21+,22+/m1/s1. The lowest BCUT2D eigenvalue weighted by Crippen LogP contribution is -2.37. The third-order valence-corrected chi connectivity index (χ3v) is 7.95. The number of rotatable bonds is 4. The molecule has 7 nitrogen and oxygen atoms in total. The molecule has 2 aliphatic rings.